The van der Waals surface area contributed by atoms with Gasteiger partial charge in [0.25, 0.3) is 5.91 Å². The van der Waals surface area contributed by atoms with E-state index in [1.807, 2.05) is 0 Å². The molecule has 0 aliphatic carbocycles. The van der Waals surface area contributed by atoms with E-state index in [4.69, 9.17) is 20.9 Å². The third-order valence-corrected chi connectivity index (χ3v) is 3.66. The van der Waals surface area contributed by atoms with Gasteiger partial charge in [-0.25, -0.2) is 0 Å². The normalized spacial score (nSPS) is 18.8. The van der Waals surface area contributed by atoms with E-state index in [-0.39, 0.29) is 11.9 Å². The van der Waals surface area contributed by atoms with Crippen molar-refractivity contribution < 1.29 is 14.1 Å². The molecule has 0 bridgehead atoms. The van der Waals surface area contributed by atoms with E-state index in [0.29, 0.717) is 42.1 Å². The fraction of sp³-hybridized carbons (Fsp3) is 0.357. The van der Waals surface area contributed by atoms with E-state index in [2.05, 4.69) is 10.1 Å². The van der Waals surface area contributed by atoms with Crippen molar-refractivity contribution in [1.82, 2.24) is 15.0 Å². The Balaban J connectivity index is 1.91. The van der Waals surface area contributed by atoms with Crippen LogP contribution in [0.15, 0.2) is 28.8 Å². The molecule has 0 spiro atoms. The summed E-state index contributed by atoms with van der Waals surface area (Å²) in [5.41, 5.74) is 0.464. The summed E-state index contributed by atoms with van der Waals surface area (Å²) >= 11 is 6.11. The second-order valence-electron chi connectivity index (χ2n) is 4.74. The van der Waals surface area contributed by atoms with Crippen molar-refractivity contribution in [2.45, 2.75) is 13.0 Å². The number of nitrogens with zero attached hydrogens (tertiary/aromatic N) is 3. The molecule has 0 radical (unpaired) electrons. The summed E-state index contributed by atoms with van der Waals surface area (Å²) in [6, 6.07) is 6.62. The Kier molecular flexibility index (Phi) is 3.90. The predicted octanol–water partition coefficient (Wildman–Crippen LogP) is 2.25. The van der Waals surface area contributed by atoms with Crippen LogP contribution in [0.25, 0.3) is 0 Å². The molecule has 1 atom stereocenters. The van der Waals surface area contributed by atoms with Crippen molar-refractivity contribution in [3.63, 3.8) is 0 Å². The van der Waals surface area contributed by atoms with Gasteiger partial charge in [-0.2, -0.15) is 4.98 Å². The molecule has 1 saturated heterocycles. The molecule has 1 aromatic heterocycles. The number of hydrogen-bond donors (Lipinski definition) is 0. The molecule has 0 saturated carbocycles. The number of benzene rings is 1. The van der Waals surface area contributed by atoms with E-state index in [0.717, 1.165) is 0 Å². The van der Waals surface area contributed by atoms with Gasteiger partial charge in [0.15, 0.2) is 5.82 Å². The first-order valence-electron chi connectivity index (χ1n) is 6.60. The number of halogens is 1. The predicted molar refractivity (Wildman–Crippen MR) is 75.1 cm³/mol. The van der Waals surface area contributed by atoms with Crippen molar-refractivity contribution in [3.05, 3.63) is 46.6 Å². The number of amides is 1. The van der Waals surface area contributed by atoms with Crippen molar-refractivity contribution >= 4 is 17.5 Å². The van der Waals surface area contributed by atoms with Crippen LogP contribution in [-0.4, -0.2) is 40.7 Å². The molecule has 2 aromatic rings. The summed E-state index contributed by atoms with van der Waals surface area (Å²) < 4.78 is 10.4. The topological polar surface area (TPSA) is 68.5 Å². The minimum Gasteiger partial charge on any atom is -0.377 e. The summed E-state index contributed by atoms with van der Waals surface area (Å²) in [4.78, 5) is 18.6. The number of carbonyl (C=O) groups excluding carboxylic acids is 1. The molecule has 2 heterocycles. The van der Waals surface area contributed by atoms with Gasteiger partial charge in [-0.1, -0.05) is 28.9 Å². The highest BCUT2D eigenvalue weighted by Crippen LogP contribution is 2.26. The third kappa shape index (κ3) is 2.77. The number of morpholine rings is 1. The van der Waals surface area contributed by atoms with Crippen LogP contribution in [0.1, 0.15) is 28.1 Å². The molecule has 1 aromatic carbocycles. The second-order valence-corrected chi connectivity index (χ2v) is 5.15. The van der Waals surface area contributed by atoms with E-state index in [9.17, 15) is 4.79 Å². The lowest BCUT2D eigenvalue weighted by Gasteiger charge is -2.33. The van der Waals surface area contributed by atoms with Gasteiger partial charge in [-0.15, -0.1) is 0 Å². The highest BCUT2D eigenvalue weighted by molar-refractivity contribution is 6.33. The Labute approximate surface area is 126 Å². The first-order valence-corrected chi connectivity index (χ1v) is 6.98. The maximum atomic E-state index is 12.7. The Hall–Kier alpha value is -1.92. The smallest absolute Gasteiger partial charge is 0.256 e. The number of aromatic nitrogens is 2. The van der Waals surface area contributed by atoms with E-state index in [1.54, 1.807) is 36.1 Å². The van der Waals surface area contributed by atoms with Gasteiger partial charge in [0.2, 0.25) is 5.89 Å². The van der Waals surface area contributed by atoms with Crippen LogP contribution in [0.4, 0.5) is 0 Å². The summed E-state index contributed by atoms with van der Waals surface area (Å²) in [6.07, 6.45) is 0. The SMILES string of the molecule is Cc1nc(C2COCCN2C(=O)c2ccccc2Cl)no1. The molecule has 21 heavy (non-hydrogen) atoms. The summed E-state index contributed by atoms with van der Waals surface area (Å²) in [6.45, 7) is 2.99. The summed E-state index contributed by atoms with van der Waals surface area (Å²) in [7, 11) is 0. The number of aryl methyl sites for hydroxylation is 1. The molecule has 7 heteroatoms. The zero-order chi connectivity index (χ0) is 14.8. The highest BCUT2D eigenvalue weighted by Gasteiger charge is 2.33. The lowest BCUT2D eigenvalue weighted by Crippen LogP contribution is -2.44. The molecular formula is C14H14ClN3O3. The molecule has 1 fully saturated rings. The standard InChI is InChI=1S/C14H14ClN3O3/c1-9-16-13(17-21-9)12-8-20-7-6-18(12)14(19)10-4-2-3-5-11(10)15/h2-5,12H,6-8H2,1H3. The van der Waals surface area contributed by atoms with Gasteiger partial charge in [-0.3, -0.25) is 4.79 Å². The first kappa shape index (κ1) is 14.0. The fourth-order valence-corrected chi connectivity index (χ4v) is 2.52. The average molecular weight is 308 g/mol. The van der Waals surface area contributed by atoms with Gasteiger partial charge >= 0.3 is 0 Å². The molecular weight excluding hydrogens is 294 g/mol. The number of ether oxygens (including phenoxy) is 1. The second kappa shape index (κ2) is 5.83. The van der Waals surface area contributed by atoms with Gasteiger partial charge in [0, 0.05) is 13.5 Å². The Bertz CT molecular complexity index is 658. The quantitative estimate of drug-likeness (QED) is 0.851. The van der Waals surface area contributed by atoms with Crippen molar-refractivity contribution in [3.8, 4) is 0 Å². The van der Waals surface area contributed by atoms with E-state index < -0.39 is 0 Å². The molecule has 1 aliphatic heterocycles. The maximum absolute atomic E-state index is 12.7. The van der Waals surface area contributed by atoms with E-state index in [1.165, 1.54) is 0 Å². The largest absolute Gasteiger partial charge is 0.377 e. The zero-order valence-corrected chi connectivity index (χ0v) is 12.2. The molecule has 6 nitrogen and oxygen atoms in total. The van der Waals surface area contributed by atoms with Crippen LogP contribution < -0.4 is 0 Å². The van der Waals surface area contributed by atoms with Gasteiger partial charge in [0.1, 0.15) is 6.04 Å². The lowest BCUT2D eigenvalue weighted by molar-refractivity contribution is -0.00576. The zero-order valence-electron chi connectivity index (χ0n) is 11.5. The van der Waals surface area contributed by atoms with Crippen molar-refractivity contribution in [2.24, 2.45) is 0 Å². The Morgan fingerprint density at radius 2 is 2.24 bits per heavy atom. The Morgan fingerprint density at radius 3 is 2.95 bits per heavy atom. The van der Waals surface area contributed by atoms with Gasteiger partial charge in [-0.05, 0) is 12.1 Å². The van der Waals surface area contributed by atoms with Crippen LogP contribution in [0.3, 0.4) is 0 Å². The number of rotatable bonds is 2. The average Bonchev–Trinajstić information content (AvgIpc) is 2.93. The van der Waals surface area contributed by atoms with Crippen molar-refractivity contribution in [2.75, 3.05) is 19.8 Å². The van der Waals surface area contributed by atoms with Crippen LogP contribution >= 0.6 is 11.6 Å². The van der Waals surface area contributed by atoms with Gasteiger partial charge in [0.05, 0.1) is 23.8 Å². The minimum atomic E-state index is -0.361. The number of carbonyl (C=O) groups is 1. The van der Waals surface area contributed by atoms with Crippen LogP contribution in [-0.2, 0) is 4.74 Å². The van der Waals surface area contributed by atoms with Crippen molar-refractivity contribution in [1.29, 1.82) is 0 Å². The molecule has 110 valence electrons. The fourth-order valence-electron chi connectivity index (χ4n) is 2.30. The monoisotopic (exact) mass is 307 g/mol. The summed E-state index contributed by atoms with van der Waals surface area (Å²) in [5, 5.41) is 4.32. The third-order valence-electron chi connectivity index (χ3n) is 3.33. The van der Waals surface area contributed by atoms with Crippen LogP contribution in [0, 0.1) is 6.92 Å². The minimum absolute atomic E-state index is 0.156. The molecule has 3 rings (SSSR count). The molecule has 1 unspecified atom stereocenters. The first-order chi connectivity index (χ1) is 10.2. The van der Waals surface area contributed by atoms with Crippen LogP contribution in [0.2, 0.25) is 5.02 Å². The molecule has 1 aliphatic rings. The summed E-state index contributed by atoms with van der Waals surface area (Å²) in [5.74, 6) is 0.754. The van der Waals surface area contributed by atoms with Crippen LogP contribution in [0.5, 0.6) is 0 Å². The highest BCUT2D eigenvalue weighted by atomic mass is 35.5. The molecule has 0 N–H and O–H groups in total. The Morgan fingerprint density at radius 1 is 1.43 bits per heavy atom. The lowest BCUT2D eigenvalue weighted by atomic mass is 10.1. The maximum Gasteiger partial charge on any atom is 0.256 e. The van der Waals surface area contributed by atoms with E-state index >= 15 is 0 Å². The number of hydrogen-bond acceptors (Lipinski definition) is 5. The molecule has 1 amide bonds. The van der Waals surface area contributed by atoms with Gasteiger partial charge < -0.3 is 14.2 Å².